The van der Waals surface area contributed by atoms with Gasteiger partial charge >= 0.3 is 6.03 Å². The van der Waals surface area contributed by atoms with Gasteiger partial charge in [0, 0.05) is 58.2 Å². The normalized spacial score (nSPS) is 17.4. The summed E-state index contributed by atoms with van der Waals surface area (Å²) in [4.78, 5) is 42.0. The van der Waals surface area contributed by atoms with Gasteiger partial charge in [0.25, 0.3) is 0 Å². The fourth-order valence-corrected chi connectivity index (χ4v) is 5.63. The first-order valence-corrected chi connectivity index (χ1v) is 12.5. The number of hydrogen-bond acceptors (Lipinski definition) is 4. The van der Waals surface area contributed by atoms with Gasteiger partial charge in [-0.1, -0.05) is 25.1 Å². The summed E-state index contributed by atoms with van der Waals surface area (Å²) in [6, 6.07) is 11.2. The third-order valence-electron chi connectivity index (χ3n) is 6.41. The molecule has 2 aliphatic heterocycles. The van der Waals surface area contributed by atoms with Crippen LogP contribution in [0.15, 0.2) is 45.3 Å². The molecule has 1 unspecified atom stereocenters. The van der Waals surface area contributed by atoms with Crippen LogP contribution in [0.1, 0.15) is 42.1 Å². The molecule has 2 aromatic carbocycles. The van der Waals surface area contributed by atoms with Crippen molar-refractivity contribution in [1.29, 1.82) is 0 Å². The zero-order chi connectivity index (χ0) is 23.7. The number of halogens is 2. The number of piperidine rings is 1. The molecule has 1 atom stereocenters. The van der Waals surface area contributed by atoms with Crippen LogP contribution in [0.25, 0.3) is 0 Å². The third kappa shape index (κ3) is 5.09. The van der Waals surface area contributed by atoms with E-state index in [1.165, 1.54) is 0 Å². The SMILES string of the molecule is CC(CC(=O)N1CCC(N2Cc3ccccc3NC2=O)CC1)C(=O)c1cc(Br)c(N)c(Br)c1. The Morgan fingerprint density at radius 1 is 1.15 bits per heavy atom. The second-order valence-corrected chi connectivity index (χ2v) is 10.4. The van der Waals surface area contributed by atoms with Gasteiger partial charge in [-0.05, 0) is 68.5 Å². The highest BCUT2D eigenvalue weighted by Gasteiger charge is 2.33. The predicted molar refractivity (Wildman–Crippen MR) is 135 cm³/mol. The van der Waals surface area contributed by atoms with Crippen molar-refractivity contribution in [1.82, 2.24) is 9.80 Å². The van der Waals surface area contributed by atoms with E-state index in [0.29, 0.717) is 39.8 Å². The molecule has 3 amide bonds. The summed E-state index contributed by atoms with van der Waals surface area (Å²) in [5, 5.41) is 2.96. The number of nitrogen functional groups attached to an aromatic ring is 1. The molecule has 0 spiro atoms. The van der Waals surface area contributed by atoms with Crippen LogP contribution in [0.4, 0.5) is 16.2 Å². The molecule has 1 fully saturated rings. The number of carbonyl (C=O) groups is 3. The molecule has 33 heavy (non-hydrogen) atoms. The quantitative estimate of drug-likeness (QED) is 0.384. The second kappa shape index (κ2) is 9.85. The van der Waals surface area contributed by atoms with E-state index >= 15 is 0 Å². The summed E-state index contributed by atoms with van der Waals surface area (Å²) in [7, 11) is 0. The van der Waals surface area contributed by atoms with Crippen LogP contribution in [-0.2, 0) is 11.3 Å². The lowest BCUT2D eigenvalue weighted by Crippen LogP contribution is -2.51. The lowest BCUT2D eigenvalue weighted by atomic mass is 9.94. The smallest absolute Gasteiger partial charge is 0.322 e. The number of amides is 3. The van der Waals surface area contributed by atoms with Crippen LogP contribution in [0, 0.1) is 5.92 Å². The molecule has 0 aromatic heterocycles. The van der Waals surface area contributed by atoms with Gasteiger partial charge in [-0.2, -0.15) is 0 Å². The minimum atomic E-state index is -0.443. The number of nitrogens with two attached hydrogens (primary N) is 1. The summed E-state index contributed by atoms with van der Waals surface area (Å²) < 4.78 is 1.29. The number of para-hydroxylation sites is 1. The molecule has 2 heterocycles. The maximum absolute atomic E-state index is 12.9. The number of benzene rings is 2. The number of fused-ring (bicyclic) bond motifs is 1. The fourth-order valence-electron chi connectivity index (χ4n) is 4.44. The molecule has 0 aliphatic carbocycles. The molecular weight excluding hydrogens is 552 g/mol. The lowest BCUT2D eigenvalue weighted by molar-refractivity contribution is -0.133. The molecular formula is C24H26Br2N4O3. The van der Waals surface area contributed by atoms with Crippen LogP contribution in [0.5, 0.6) is 0 Å². The number of hydrogen-bond donors (Lipinski definition) is 2. The van der Waals surface area contributed by atoms with Crippen molar-refractivity contribution >= 4 is 61.0 Å². The van der Waals surface area contributed by atoms with Gasteiger partial charge in [-0.3, -0.25) is 9.59 Å². The van der Waals surface area contributed by atoms with Crippen molar-refractivity contribution in [2.45, 2.75) is 38.8 Å². The summed E-state index contributed by atoms with van der Waals surface area (Å²) >= 11 is 6.73. The third-order valence-corrected chi connectivity index (χ3v) is 7.72. The van der Waals surface area contributed by atoms with E-state index in [9.17, 15) is 14.4 Å². The average Bonchev–Trinajstić information content (AvgIpc) is 2.81. The van der Waals surface area contributed by atoms with Crippen LogP contribution < -0.4 is 11.1 Å². The van der Waals surface area contributed by atoms with E-state index in [2.05, 4.69) is 37.2 Å². The maximum atomic E-state index is 12.9. The topological polar surface area (TPSA) is 95.7 Å². The monoisotopic (exact) mass is 576 g/mol. The Balaban J connectivity index is 1.32. The van der Waals surface area contributed by atoms with Gasteiger partial charge in [0.1, 0.15) is 0 Å². The first-order valence-electron chi connectivity index (χ1n) is 11.0. The van der Waals surface area contributed by atoms with Crippen molar-refractivity contribution in [2.24, 2.45) is 5.92 Å². The predicted octanol–water partition coefficient (Wildman–Crippen LogP) is 5.04. The van der Waals surface area contributed by atoms with Crippen molar-refractivity contribution in [3.63, 3.8) is 0 Å². The summed E-state index contributed by atoms with van der Waals surface area (Å²) in [5.74, 6) is -0.568. The maximum Gasteiger partial charge on any atom is 0.322 e. The molecule has 4 rings (SSSR count). The van der Waals surface area contributed by atoms with Crippen molar-refractivity contribution in [3.05, 3.63) is 56.5 Å². The van der Waals surface area contributed by atoms with Crippen LogP contribution in [-0.4, -0.2) is 46.7 Å². The van der Waals surface area contributed by atoms with Gasteiger partial charge in [-0.15, -0.1) is 0 Å². The fraction of sp³-hybridized carbons (Fsp3) is 0.375. The lowest BCUT2D eigenvalue weighted by Gasteiger charge is -2.40. The number of carbonyl (C=O) groups excluding carboxylic acids is 3. The Bertz CT molecular complexity index is 1080. The van der Waals surface area contributed by atoms with E-state index in [1.807, 2.05) is 34.1 Å². The van der Waals surface area contributed by atoms with Crippen LogP contribution in [0.2, 0.25) is 0 Å². The molecule has 3 N–H and O–H groups in total. The van der Waals surface area contributed by atoms with Gasteiger partial charge in [0.15, 0.2) is 5.78 Å². The highest BCUT2D eigenvalue weighted by molar-refractivity contribution is 9.11. The molecule has 0 radical (unpaired) electrons. The number of ketones is 1. The molecule has 7 nitrogen and oxygen atoms in total. The van der Waals surface area contributed by atoms with E-state index in [0.717, 1.165) is 24.1 Å². The Morgan fingerprint density at radius 3 is 2.45 bits per heavy atom. The Labute approximate surface area is 209 Å². The van der Waals surface area contributed by atoms with E-state index in [-0.39, 0.29) is 30.2 Å². The highest BCUT2D eigenvalue weighted by Crippen LogP contribution is 2.31. The minimum Gasteiger partial charge on any atom is -0.397 e. The molecule has 2 aromatic rings. The van der Waals surface area contributed by atoms with Crippen molar-refractivity contribution in [3.8, 4) is 0 Å². The Morgan fingerprint density at radius 2 is 1.79 bits per heavy atom. The van der Waals surface area contributed by atoms with Crippen molar-refractivity contribution < 1.29 is 14.4 Å². The summed E-state index contributed by atoms with van der Waals surface area (Å²) in [5.41, 5.74) is 8.92. The van der Waals surface area contributed by atoms with Gasteiger partial charge in [0.05, 0.1) is 5.69 Å². The van der Waals surface area contributed by atoms with E-state index < -0.39 is 5.92 Å². The molecule has 2 aliphatic rings. The summed E-state index contributed by atoms with van der Waals surface area (Å²) in [6.07, 6.45) is 1.60. The molecule has 9 heteroatoms. The van der Waals surface area contributed by atoms with Gasteiger partial charge in [0.2, 0.25) is 5.91 Å². The van der Waals surface area contributed by atoms with Gasteiger partial charge in [-0.25, -0.2) is 4.79 Å². The molecule has 0 saturated carbocycles. The summed E-state index contributed by atoms with van der Waals surface area (Å²) in [6.45, 7) is 3.52. The zero-order valence-electron chi connectivity index (χ0n) is 18.3. The number of rotatable bonds is 5. The number of Topliss-reactive ketones (excluding diaryl/α,β-unsaturated/α-hetero) is 1. The molecule has 1 saturated heterocycles. The largest absolute Gasteiger partial charge is 0.397 e. The average molecular weight is 578 g/mol. The van der Waals surface area contributed by atoms with Crippen molar-refractivity contribution in [2.75, 3.05) is 24.1 Å². The van der Waals surface area contributed by atoms with E-state index in [1.54, 1.807) is 19.1 Å². The van der Waals surface area contributed by atoms with Crippen LogP contribution >= 0.6 is 31.9 Å². The number of urea groups is 1. The number of nitrogens with one attached hydrogen (secondary N) is 1. The van der Waals surface area contributed by atoms with Gasteiger partial charge < -0.3 is 20.9 Å². The number of nitrogens with zero attached hydrogens (tertiary/aromatic N) is 2. The standard InChI is InChI=1S/C24H26Br2N4O3/c1-14(23(32)16-11-18(25)22(27)19(26)12-16)10-21(31)29-8-6-17(7-9-29)30-13-15-4-2-3-5-20(15)28-24(30)33/h2-5,11-12,14,17H,6-10,13,27H2,1H3,(H,28,33). The minimum absolute atomic E-state index is 0.0312. The zero-order valence-corrected chi connectivity index (χ0v) is 21.5. The van der Waals surface area contributed by atoms with Crippen LogP contribution in [0.3, 0.4) is 0 Å². The Kier molecular flexibility index (Phi) is 7.09. The second-order valence-electron chi connectivity index (χ2n) is 8.65. The molecule has 174 valence electrons. The molecule has 0 bridgehead atoms. The first-order chi connectivity index (χ1) is 15.7. The number of anilines is 2. The number of likely N-dealkylation sites (tertiary alicyclic amines) is 1. The van der Waals surface area contributed by atoms with E-state index in [4.69, 9.17) is 5.73 Å². The highest BCUT2D eigenvalue weighted by atomic mass is 79.9. The first kappa shape index (κ1) is 23.8. The Hall–Kier alpha value is -2.39.